The van der Waals surface area contributed by atoms with Crippen LogP contribution in [-0.2, 0) is 16.0 Å². The third-order valence-electron chi connectivity index (χ3n) is 3.51. The number of aryl methyl sites for hydroxylation is 1. The number of hydrogen-bond donors (Lipinski definition) is 0. The minimum atomic E-state index is -0.197. The zero-order chi connectivity index (χ0) is 13.9. The van der Waals surface area contributed by atoms with Crippen LogP contribution in [0.15, 0.2) is 24.3 Å². The van der Waals surface area contributed by atoms with Gasteiger partial charge in [0.1, 0.15) is 12.5 Å². The monoisotopic (exact) mass is 263 g/mol. The van der Waals surface area contributed by atoms with Crippen molar-refractivity contribution in [2.24, 2.45) is 0 Å². The summed E-state index contributed by atoms with van der Waals surface area (Å²) in [6, 6.07) is 7.81. The second-order valence-electron chi connectivity index (χ2n) is 5.42. The van der Waals surface area contributed by atoms with Crippen LogP contribution < -0.4 is 4.74 Å². The van der Waals surface area contributed by atoms with Gasteiger partial charge in [0.25, 0.3) is 0 Å². The van der Waals surface area contributed by atoms with Crippen molar-refractivity contribution in [2.75, 3.05) is 20.4 Å². The molecule has 1 aromatic carbocycles. The normalized spacial score (nSPS) is 17.5. The second-order valence-corrected chi connectivity index (χ2v) is 5.42. The SMILES string of the molecule is COc1ccccc1CCC(=O)N1COCC1(C)C. The summed E-state index contributed by atoms with van der Waals surface area (Å²) in [5.41, 5.74) is 0.869. The van der Waals surface area contributed by atoms with E-state index in [1.54, 1.807) is 7.11 Å². The highest BCUT2D eigenvalue weighted by Crippen LogP contribution is 2.24. The number of benzene rings is 1. The van der Waals surface area contributed by atoms with Gasteiger partial charge in [-0.25, -0.2) is 0 Å². The van der Waals surface area contributed by atoms with Crippen LogP contribution in [0.25, 0.3) is 0 Å². The molecular formula is C15H21NO3. The lowest BCUT2D eigenvalue weighted by Gasteiger charge is -2.29. The van der Waals surface area contributed by atoms with Crippen molar-refractivity contribution >= 4 is 5.91 Å². The summed E-state index contributed by atoms with van der Waals surface area (Å²) in [5, 5.41) is 0. The molecule has 4 nitrogen and oxygen atoms in total. The van der Waals surface area contributed by atoms with Crippen molar-refractivity contribution in [3.8, 4) is 5.75 Å². The van der Waals surface area contributed by atoms with Crippen molar-refractivity contribution in [1.82, 2.24) is 4.90 Å². The summed E-state index contributed by atoms with van der Waals surface area (Å²) < 4.78 is 10.7. The average molecular weight is 263 g/mol. The highest BCUT2D eigenvalue weighted by atomic mass is 16.5. The van der Waals surface area contributed by atoms with Crippen LogP contribution >= 0.6 is 0 Å². The first-order valence-corrected chi connectivity index (χ1v) is 6.55. The van der Waals surface area contributed by atoms with Crippen LogP contribution in [0.4, 0.5) is 0 Å². The van der Waals surface area contributed by atoms with Gasteiger partial charge in [0.05, 0.1) is 19.3 Å². The zero-order valence-electron chi connectivity index (χ0n) is 11.8. The highest BCUT2D eigenvalue weighted by molar-refractivity contribution is 5.77. The van der Waals surface area contributed by atoms with Gasteiger partial charge in [-0.3, -0.25) is 4.79 Å². The summed E-state index contributed by atoms with van der Waals surface area (Å²) in [4.78, 5) is 14.0. The molecule has 1 fully saturated rings. The first kappa shape index (κ1) is 13.9. The van der Waals surface area contributed by atoms with Gasteiger partial charge in [0.15, 0.2) is 0 Å². The molecule has 0 aromatic heterocycles. The molecule has 0 unspecified atom stereocenters. The van der Waals surface area contributed by atoms with Gasteiger partial charge in [-0.1, -0.05) is 18.2 Å². The lowest BCUT2D eigenvalue weighted by atomic mass is 10.0. The molecule has 1 amide bonds. The lowest BCUT2D eigenvalue weighted by Crippen LogP contribution is -2.44. The molecule has 0 bridgehead atoms. The maximum Gasteiger partial charge on any atom is 0.225 e. The summed E-state index contributed by atoms with van der Waals surface area (Å²) in [5.74, 6) is 0.973. The fourth-order valence-corrected chi connectivity index (χ4v) is 2.33. The van der Waals surface area contributed by atoms with Crippen LogP contribution in [0.5, 0.6) is 5.75 Å². The molecule has 1 saturated heterocycles. The lowest BCUT2D eigenvalue weighted by molar-refractivity contribution is -0.135. The van der Waals surface area contributed by atoms with Crippen molar-refractivity contribution in [2.45, 2.75) is 32.2 Å². The van der Waals surface area contributed by atoms with Crippen LogP contribution in [0.3, 0.4) is 0 Å². The molecular weight excluding hydrogens is 242 g/mol. The van der Waals surface area contributed by atoms with E-state index in [0.717, 1.165) is 11.3 Å². The van der Waals surface area contributed by atoms with E-state index < -0.39 is 0 Å². The van der Waals surface area contributed by atoms with Gasteiger partial charge < -0.3 is 14.4 Å². The van der Waals surface area contributed by atoms with Crippen LogP contribution in [0.2, 0.25) is 0 Å². The maximum atomic E-state index is 12.2. The average Bonchev–Trinajstić information content (AvgIpc) is 2.76. The minimum absolute atomic E-state index is 0.133. The largest absolute Gasteiger partial charge is 0.496 e. The second kappa shape index (κ2) is 5.61. The Morgan fingerprint density at radius 1 is 1.42 bits per heavy atom. The number of para-hydroxylation sites is 1. The predicted molar refractivity (Wildman–Crippen MR) is 73.1 cm³/mol. The van der Waals surface area contributed by atoms with E-state index >= 15 is 0 Å². The predicted octanol–water partition coefficient (Wildman–Crippen LogP) is 2.22. The van der Waals surface area contributed by atoms with E-state index in [2.05, 4.69) is 0 Å². The van der Waals surface area contributed by atoms with E-state index in [-0.39, 0.29) is 11.4 Å². The van der Waals surface area contributed by atoms with Crippen molar-refractivity contribution in [3.05, 3.63) is 29.8 Å². The Balaban J connectivity index is 1.97. The molecule has 0 radical (unpaired) electrons. The first-order chi connectivity index (χ1) is 9.04. The number of carbonyl (C=O) groups excluding carboxylic acids is 1. The number of ether oxygens (including phenoxy) is 2. The molecule has 4 heteroatoms. The first-order valence-electron chi connectivity index (χ1n) is 6.55. The molecule has 0 aliphatic carbocycles. The van der Waals surface area contributed by atoms with E-state index in [4.69, 9.17) is 9.47 Å². The molecule has 1 heterocycles. The van der Waals surface area contributed by atoms with Gasteiger partial charge in [-0.2, -0.15) is 0 Å². The third kappa shape index (κ3) is 3.07. The zero-order valence-corrected chi connectivity index (χ0v) is 11.8. The van der Waals surface area contributed by atoms with E-state index in [1.807, 2.05) is 43.0 Å². The molecule has 1 aliphatic heterocycles. The molecule has 1 aromatic rings. The summed E-state index contributed by atoms with van der Waals surface area (Å²) >= 11 is 0. The topological polar surface area (TPSA) is 38.8 Å². The number of amides is 1. The number of methoxy groups -OCH3 is 1. The summed E-state index contributed by atoms with van der Waals surface area (Å²) in [6.07, 6.45) is 1.17. The van der Waals surface area contributed by atoms with Gasteiger partial charge in [-0.05, 0) is 31.9 Å². The van der Waals surface area contributed by atoms with E-state index in [0.29, 0.717) is 26.2 Å². The maximum absolute atomic E-state index is 12.2. The number of rotatable bonds is 4. The fourth-order valence-electron chi connectivity index (χ4n) is 2.33. The Morgan fingerprint density at radius 3 is 2.79 bits per heavy atom. The Hall–Kier alpha value is -1.55. The van der Waals surface area contributed by atoms with Crippen molar-refractivity contribution < 1.29 is 14.3 Å². The molecule has 0 saturated carbocycles. The number of carbonyl (C=O) groups is 1. The molecule has 104 valence electrons. The standard InChI is InChI=1S/C15H21NO3/c1-15(2)10-19-11-16(15)14(17)9-8-12-6-4-5-7-13(12)18-3/h4-7H,8-11H2,1-3H3. The molecule has 0 N–H and O–H groups in total. The fraction of sp³-hybridized carbons (Fsp3) is 0.533. The molecule has 0 spiro atoms. The Labute approximate surface area is 114 Å². The Morgan fingerprint density at radius 2 is 2.16 bits per heavy atom. The summed E-state index contributed by atoms with van der Waals surface area (Å²) in [6.45, 7) is 5.06. The van der Waals surface area contributed by atoms with Gasteiger partial charge in [0, 0.05) is 6.42 Å². The molecule has 0 atom stereocenters. The van der Waals surface area contributed by atoms with E-state index in [1.165, 1.54) is 0 Å². The Kier molecular flexibility index (Phi) is 4.10. The van der Waals surface area contributed by atoms with Gasteiger partial charge in [0.2, 0.25) is 5.91 Å². The smallest absolute Gasteiger partial charge is 0.225 e. The summed E-state index contributed by atoms with van der Waals surface area (Å²) in [7, 11) is 1.65. The number of hydrogen-bond acceptors (Lipinski definition) is 3. The van der Waals surface area contributed by atoms with Gasteiger partial charge >= 0.3 is 0 Å². The Bertz CT molecular complexity index is 456. The van der Waals surface area contributed by atoms with Crippen LogP contribution in [0.1, 0.15) is 25.8 Å². The van der Waals surface area contributed by atoms with E-state index in [9.17, 15) is 4.79 Å². The van der Waals surface area contributed by atoms with Crippen LogP contribution in [-0.4, -0.2) is 36.8 Å². The quantitative estimate of drug-likeness (QED) is 0.836. The highest BCUT2D eigenvalue weighted by Gasteiger charge is 2.35. The van der Waals surface area contributed by atoms with Crippen molar-refractivity contribution in [3.63, 3.8) is 0 Å². The molecule has 19 heavy (non-hydrogen) atoms. The van der Waals surface area contributed by atoms with Crippen LogP contribution in [0, 0.1) is 0 Å². The third-order valence-corrected chi connectivity index (χ3v) is 3.51. The molecule has 1 aliphatic rings. The molecule has 2 rings (SSSR count). The van der Waals surface area contributed by atoms with Gasteiger partial charge in [-0.15, -0.1) is 0 Å². The van der Waals surface area contributed by atoms with Crippen molar-refractivity contribution in [1.29, 1.82) is 0 Å². The number of nitrogens with zero attached hydrogens (tertiary/aromatic N) is 1. The minimum Gasteiger partial charge on any atom is -0.496 e.